The van der Waals surface area contributed by atoms with Crippen molar-refractivity contribution in [3.05, 3.63) is 65.0 Å². The zero-order chi connectivity index (χ0) is 26.3. The fraction of sp³-hybridized carbons (Fsp3) is 0.414. The molecular formula is C29H32N4O4. The summed E-state index contributed by atoms with van der Waals surface area (Å²) in [5, 5.41) is 4.47. The normalized spacial score (nSPS) is 16.7. The van der Waals surface area contributed by atoms with Gasteiger partial charge < -0.3 is 9.64 Å². The minimum absolute atomic E-state index is 0.00599. The molecule has 0 atom stereocenters. The average molecular weight is 501 g/mol. The molecule has 8 heteroatoms. The molecule has 1 spiro atoms. The van der Waals surface area contributed by atoms with Crippen molar-refractivity contribution >= 4 is 17.5 Å². The number of hydrogen-bond donors (Lipinski definition) is 0. The van der Waals surface area contributed by atoms with Crippen LogP contribution >= 0.6 is 0 Å². The molecule has 0 saturated carbocycles. The number of aromatic nitrogens is 3. The van der Waals surface area contributed by atoms with Crippen LogP contribution in [0.4, 0.5) is 0 Å². The Hall–Kier alpha value is -3.81. The first-order valence-electron chi connectivity index (χ1n) is 12.8. The van der Waals surface area contributed by atoms with Crippen molar-refractivity contribution in [3.63, 3.8) is 0 Å². The summed E-state index contributed by atoms with van der Waals surface area (Å²) in [5.41, 5.74) is 4.21. The van der Waals surface area contributed by atoms with Crippen molar-refractivity contribution in [2.45, 2.75) is 52.5 Å². The summed E-state index contributed by atoms with van der Waals surface area (Å²) in [6.45, 7) is 6.78. The number of amides is 1. The summed E-state index contributed by atoms with van der Waals surface area (Å²) in [7, 11) is 1.53. The predicted octanol–water partition coefficient (Wildman–Crippen LogP) is 4.79. The minimum atomic E-state index is -0.120. The van der Waals surface area contributed by atoms with E-state index in [2.05, 4.69) is 10.1 Å². The second-order valence-corrected chi connectivity index (χ2v) is 10.5. The smallest absolute Gasteiger partial charge is 0.254 e. The fourth-order valence-corrected chi connectivity index (χ4v) is 5.59. The van der Waals surface area contributed by atoms with E-state index in [1.807, 2.05) is 41.8 Å². The van der Waals surface area contributed by atoms with Crippen LogP contribution in [0.15, 0.2) is 42.6 Å². The number of ether oxygens (including phenoxy) is 1. The highest BCUT2D eigenvalue weighted by Crippen LogP contribution is 2.44. The average Bonchev–Trinajstić information content (AvgIpc) is 3.33. The van der Waals surface area contributed by atoms with Crippen LogP contribution in [0.2, 0.25) is 0 Å². The lowest BCUT2D eigenvalue weighted by Crippen LogP contribution is -2.46. The number of likely N-dealkylation sites (tertiary alicyclic amines) is 1. The maximum absolute atomic E-state index is 13.5. The largest absolute Gasteiger partial charge is 0.481 e. The Kier molecular flexibility index (Phi) is 6.43. The van der Waals surface area contributed by atoms with Crippen LogP contribution in [0.5, 0.6) is 5.88 Å². The van der Waals surface area contributed by atoms with Gasteiger partial charge in [0.1, 0.15) is 5.69 Å². The van der Waals surface area contributed by atoms with Crippen molar-refractivity contribution in [1.29, 1.82) is 0 Å². The van der Waals surface area contributed by atoms with Gasteiger partial charge in [0.05, 0.1) is 19.0 Å². The molecule has 0 bridgehead atoms. The minimum Gasteiger partial charge on any atom is -0.481 e. The summed E-state index contributed by atoms with van der Waals surface area (Å²) < 4.78 is 7.23. The quantitative estimate of drug-likeness (QED) is 0.468. The van der Waals surface area contributed by atoms with E-state index in [1.165, 1.54) is 14.0 Å². The van der Waals surface area contributed by atoms with E-state index >= 15 is 0 Å². The molecular weight excluding hydrogens is 468 g/mol. The van der Waals surface area contributed by atoms with Gasteiger partial charge in [-0.1, -0.05) is 24.3 Å². The number of fused-ring (bicyclic) bond motifs is 1. The number of hydrogen-bond acceptors (Lipinski definition) is 6. The van der Waals surface area contributed by atoms with Gasteiger partial charge in [-0.3, -0.25) is 19.1 Å². The Morgan fingerprint density at radius 2 is 1.73 bits per heavy atom. The van der Waals surface area contributed by atoms with Crippen molar-refractivity contribution < 1.29 is 19.1 Å². The lowest BCUT2D eigenvalue weighted by Gasteiger charge is -2.43. The summed E-state index contributed by atoms with van der Waals surface area (Å²) in [6.07, 6.45) is 4.73. The molecule has 2 aromatic heterocycles. The Labute approximate surface area is 216 Å². The van der Waals surface area contributed by atoms with Crippen LogP contribution in [-0.4, -0.2) is 57.3 Å². The topological polar surface area (TPSA) is 94.4 Å². The fourth-order valence-electron chi connectivity index (χ4n) is 5.59. The maximum Gasteiger partial charge on any atom is 0.254 e. The van der Waals surface area contributed by atoms with E-state index in [9.17, 15) is 14.4 Å². The third-order valence-corrected chi connectivity index (χ3v) is 7.68. The first kappa shape index (κ1) is 24.9. The number of nitrogens with zero attached hydrogens (tertiary/aromatic N) is 4. The molecule has 8 nitrogen and oxygen atoms in total. The molecule has 37 heavy (non-hydrogen) atoms. The molecule has 1 aliphatic carbocycles. The second-order valence-electron chi connectivity index (χ2n) is 10.5. The summed E-state index contributed by atoms with van der Waals surface area (Å²) in [6, 6.07) is 10.8. The molecule has 3 aromatic rings. The molecule has 0 radical (unpaired) electrons. The molecule has 2 aliphatic rings. The third kappa shape index (κ3) is 4.68. The van der Waals surface area contributed by atoms with Gasteiger partial charge in [0.15, 0.2) is 11.6 Å². The lowest BCUT2D eigenvalue weighted by atomic mass is 9.67. The Morgan fingerprint density at radius 3 is 2.35 bits per heavy atom. The number of carbonyl (C=O) groups is 3. The van der Waals surface area contributed by atoms with Crippen molar-refractivity contribution in [2.24, 2.45) is 5.41 Å². The number of benzene rings is 1. The van der Waals surface area contributed by atoms with Crippen LogP contribution in [0, 0.1) is 5.41 Å². The summed E-state index contributed by atoms with van der Waals surface area (Å²) in [4.78, 5) is 44.6. The van der Waals surface area contributed by atoms with Gasteiger partial charge in [0.25, 0.3) is 5.91 Å². The first-order chi connectivity index (χ1) is 17.7. The highest BCUT2D eigenvalue weighted by molar-refractivity contribution is 5.98. The third-order valence-electron chi connectivity index (χ3n) is 7.68. The van der Waals surface area contributed by atoms with E-state index in [1.54, 1.807) is 24.3 Å². The van der Waals surface area contributed by atoms with Gasteiger partial charge in [-0.25, -0.2) is 4.98 Å². The van der Waals surface area contributed by atoms with E-state index in [0.717, 1.165) is 36.1 Å². The Morgan fingerprint density at radius 1 is 1.03 bits per heavy atom. The molecule has 5 rings (SSSR count). The molecule has 1 aliphatic heterocycles. The Bertz CT molecular complexity index is 1370. The second kappa shape index (κ2) is 9.57. The predicted molar refractivity (Wildman–Crippen MR) is 139 cm³/mol. The zero-order valence-electron chi connectivity index (χ0n) is 21.8. The van der Waals surface area contributed by atoms with E-state index < -0.39 is 0 Å². The summed E-state index contributed by atoms with van der Waals surface area (Å²) in [5.74, 6) is 0.435. The van der Waals surface area contributed by atoms with Gasteiger partial charge in [0, 0.05) is 53.9 Å². The summed E-state index contributed by atoms with van der Waals surface area (Å²) >= 11 is 0. The number of methoxy groups -OCH3 is 1. The molecule has 1 saturated heterocycles. The van der Waals surface area contributed by atoms with Crippen molar-refractivity contribution in [1.82, 2.24) is 19.7 Å². The maximum atomic E-state index is 13.5. The number of carbonyl (C=O) groups excluding carboxylic acids is 3. The van der Waals surface area contributed by atoms with Gasteiger partial charge in [-0.05, 0) is 51.5 Å². The number of Topliss-reactive ketones (excluding diaryl/α,β-unsaturated/α-hetero) is 2. The van der Waals surface area contributed by atoms with Crippen LogP contribution in [0.1, 0.15) is 82.8 Å². The van der Waals surface area contributed by atoms with Crippen LogP contribution in [-0.2, 0) is 6.42 Å². The van der Waals surface area contributed by atoms with E-state index in [0.29, 0.717) is 42.2 Å². The molecule has 0 N–H and O–H groups in total. The van der Waals surface area contributed by atoms with Crippen LogP contribution in [0.3, 0.4) is 0 Å². The van der Waals surface area contributed by atoms with E-state index in [4.69, 9.17) is 4.74 Å². The van der Waals surface area contributed by atoms with Crippen LogP contribution < -0.4 is 4.74 Å². The Balaban J connectivity index is 1.33. The monoisotopic (exact) mass is 500 g/mol. The highest BCUT2D eigenvalue weighted by atomic mass is 16.5. The van der Waals surface area contributed by atoms with Gasteiger partial charge >= 0.3 is 0 Å². The number of ketones is 2. The zero-order valence-corrected chi connectivity index (χ0v) is 21.8. The van der Waals surface area contributed by atoms with Gasteiger partial charge in [0.2, 0.25) is 5.88 Å². The van der Waals surface area contributed by atoms with Gasteiger partial charge in [-0.15, -0.1) is 0 Å². The van der Waals surface area contributed by atoms with Crippen LogP contribution in [0.25, 0.3) is 11.3 Å². The molecule has 1 amide bonds. The van der Waals surface area contributed by atoms with Crippen molar-refractivity contribution in [2.75, 3.05) is 20.2 Å². The molecule has 192 valence electrons. The number of piperidine rings is 1. The molecule has 1 aromatic carbocycles. The molecule has 1 fully saturated rings. The van der Waals surface area contributed by atoms with E-state index in [-0.39, 0.29) is 28.9 Å². The lowest BCUT2D eigenvalue weighted by molar-refractivity contribution is 0.0516. The van der Waals surface area contributed by atoms with Crippen molar-refractivity contribution in [3.8, 4) is 17.1 Å². The molecule has 0 unspecified atom stereocenters. The first-order valence-corrected chi connectivity index (χ1v) is 12.8. The standard InChI is InChI=1S/C29H32N4O4/c1-18(2)33-27-23(17-30-33)15-29(16-25(27)35)9-11-32(12-10-29)28(36)22-13-24(31-26(14-22)37-4)21-7-5-20(6-8-21)19(3)34/h5-8,13-14,17-18H,9-12,15-16H2,1-4H3. The SMILES string of the molecule is COc1cc(C(=O)N2CCC3(CC2)CC(=O)c2c(cnn2C(C)C)C3)cc(-c2ccc(C(C)=O)cc2)n1. The number of rotatable bonds is 5. The van der Waals surface area contributed by atoms with Gasteiger partial charge in [-0.2, -0.15) is 5.10 Å². The highest BCUT2D eigenvalue weighted by Gasteiger charge is 2.43. The number of pyridine rings is 1. The molecule has 3 heterocycles.